The van der Waals surface area contributed by atoms with Gasteiger partial charge in [-0.1, -0.05) is 30.5 Å². The monoisotopic (exact) mass is 270 g/mol. The lowest BCUT2D eigenvalue weighted by molar-refractivity contribution is -0.142. The molecule has 2 atom stereocenters. The van der Waals surface area contributed by atoms with Gasteiger partial charge in [0, 0.05) is 15.2 Å². The van der Waals surface area contributed by atoms with Gasteiger partial charge < -0.3 is 5.11 Å². The molecule has 1 aromatic carbocycles. The Balaban J connectivity index is 2.08. The van der Waals surface area contributed by atoms with Gasteiger partial charge in [0.25, 0.3) is 0 Å². The predicted octanol–water partition coefficient (Wildman–Crippen LogP) is 4.08. The Morgan fingerprint density at radius 2 is 2.12 bits per heavy atom. The van der Waals surface area contributed by atoms with E-state index >= 15 is 0 Å². The number of hydrogen-bond donors (Lipinski definition) is 1. The van der Waals surface area contributed by atoms with E-state index < -0.39 is 5.97 Å². The highest BCUT2D eigenvalue weighted by Gasteiger charge is 2.31. The minimum absolute atomic E-state index is 0.180. The molecule has 17 heavy (non-hydrogen) atoms. The summed E-state index contributed by atoms with van der Waals surface area (Å²) in [6.45, 7) is 0. The maximum atomic E-state index is 11.2. The number of carboxylic acid groups (broad SMARTS) is 1. The van der Waals surface area contributed by atoms with E-state index in [2.05, 4.69) is 0 Å². The lowest BCUT2D eigenvalue weighted by Crippen LogP contribution is -2.28. The van der Waals surface area contributed by atoms with Crippen molar-refractivity contribution in [2.45, 2.75) is 35.8 Å². The van der Waals surface area contributed by atoms with E-state index in [1.54, 1.807) is 11.8 Å². The Kier molecular flexibility index (Phi) is 4.35. The van der Waals surface area contributed by atoms with E-state index in [1.807, 2.05) is 24.3 Å². The molecular weight excluding hydrogens is 256 g/mol. The fourth-order valence-electron chi connectivity index (χ4n) is 2.24. The molecule has 2 nitrogen and oxygen atoms in total. The molecule has 2 rings (SSSR count). The van der Waals surface area contributed by atoms with Gasteiger partial charge in [-0.05, 0) is 31.0 Å². The SMILES string of the molecule is O=C(O)C1CCCCC1Sc1cccc(Cl)c1. The normalized spacial score (nSPS) is 24.5. The van der Waals surface area contributed by atoms with Crippen LogP contribution < -0.4 is 0 Å². The molecule has 1 saturated carbocycles. The van der Waals surface area contributed by atoms with Crippen LogP contribution in [0.5, 0.6) is 0 Å². The summed E-state index contributed by atoms with van der Waals surface area (Å²) in [7, 11) is 0. The fourth-order valence-corrected chi connectivity index (χ4v) is 3.89. The standard InChI is InChI=1S/C13H15ClO2S/c14-9-4-3-5-10(8-9)17-12-7-2-1-6-11(12)13(15)16/h3-5,8,11-12H,1-2,6-7H2,(H,15,16). The Morgan fingerprint density at radius 1 is 1.35 bits per heavy atom. The molecule has 0 spiro atoms. The first-order valence-corrected chi connectivity index (χ1v) is 7.07. The zero-order chi connectivity index (χ0) is 12.3. The van der Waals surface area contributed by atoms with Crippen LogP contribution in [0.25, 0.3) is 0 Å². The summed E-state index contributed by atoms with van der Waals surface area (Å²) >= 11 is 7.58. The van der Waals surface area contributed by atoms with Crippen molar-refractivity contribution in [3.8, 4) is 0 Å². The smallest absolute Gasteiger partial charge is 0.307 e. The van der Waals surface area contributed by atoms with Gasteiger partial charge in [-0.2, -0.15) is 0 Å². The van der Waals surface area contributed by atoms with Crippen LogP contribution in [0.1, 0.15) is 25.7 Å². The topological polar surface area (TPSA) is 37.3 Å². The van der Waals surface area contributed by atoms with Gasteiger partial charge in [-0.3, -0.25) is 4.79 Å². The lowest BCUT2D eigenvalue weighted by atomic mass is 9.89. The number of carbonyl (C=O) groups is 1. The zero-order valence-electron chi connectivity index (χ0n) is 9.43. The van der Waals surface area contributed by atoms with Crippen molar-refractivity contribution in [3.63, 3.8) is 0 Å². The molecule has 1 aromatic rings. The molecule has 1 fully saturated rings. The van der Waals surface area contributed by atoms with Gasteiger partial charge in [0.05, 0.1) is 5.92 Å². The Labute approximate surface area is 110 Å². The van der Waals surface area contributed by atoms with E-state index in [9.17, 15) is 9.90 Å². The number of halogens is 1. The molecule has 0 radical (unpaired) electrons. The second kappa shape index (κ2) is 5.78. The molecule has 1 aliphatic rings. The molecule has 0 aliphatic heterocycles. The van der Waals surface area contributed by atoms with E-state index in [0.717, 1.165) is 30.6 Å². The van der Waals surface area contributed by atoms with Gasteiger partial charge in [0.1, 0.15) is 0 Å². The maximum absolute atomic E-state index is 11.2. The molecule has 2 unspecified atom stereocenters. The first-order valence-electron chi connectivity index (χ1n) is 5.82. The summed E-state index contributed by atoms with van der Waals surface area (Å²) in [5, 5.41) is 10.1. The second-order valence-corrected chi connectivity index (χ2v) is 6.09. The third-order valence-corrected chi connectivity index (χ3v) is 4.73. The number of thioether (sulfide) groups is 1. The molecule has 0 amide bonds. The Bertz CT molecular complexity index is 408. The van der Waals surface area contributed by atoms with Crippen molar-refractivity contribution < 1.29 is 9.90 Å². The van der Waals surface area contributed by atoms with Crippen LogP contribution in [0.2, 0.25) is 5.02 Å². The molecule has 1 N–H and O–H groups in total. The summed E-state index contributed by atoms with van der Waals surface area (Å²) in [4.78, 5) is 12.2. The third-order valence-electron chi connectivity index (χ3n) is 3.10. The highest BCUT2D eigenvalue weighted by molar-refractivity contribution is 8.00. The average molecular weight is 271 g/mol. The molecule has 4 heteroatoms. The van der Waals surface area contributed by atoms with Crippen LogP contribution in [0.3, 0.4) is 0 Å². The Hall–Kier alpha value is -0.670. The van der Waals surface area contributed by atoms with Crippen LogP contribution >= 0.6 is 23.4 Å². The minimum Gasteiger partial charge on any atom is -0.481 e. The fraction of sp³-hybridized carbons (Fsp3) is 0.462. The van der Waals surface area contributed by atoms with Gasteiger partial charge in [0.15, 0.2) is 0 Å². The molecule has 0 heterocycles. The van der Waals surface area contributed by atoms with Crippen LogP contribution in [0, 0.1) is 5.92 Å². The van der Waals surface area contributed by atoms with Gasteiger partial charge >= 0.3 is 5.97 Å². The van der Waals surface area contributed by atoms with Crippen LogP contribution in [0.4, 0.5) is 0 Å². The average Bonchev–Trinajstić information content (AvgIpc) is 2.29. The van der Waals surface area contributed by atoms with Crippen LogP contribution in [-0.2, 0) is 4.79 Å². The quantitative estimate of drug-likeness (QED) is 0.899. The van der Waals surface area contributed by atoms with Gasteiger partial charge in [0.2, 0.25) is 0 Å². The van der Waals surface area contributed by atoms with Crippen LogP contribution in [0.15, 0.2) is 29.2 Å². The highest BCUT2D eigenvalue weighted by Crippen LogP contribution is 2.38. The molecular formula is C13H15ClO2S. The number of aliphatic carboxylic acids is 1. The molecule has 0 saturated heterocycles. The number of carboxylic acids is 1. The summed E-state index contributed by atoms with van der Waals surface area (Å²) < 4.78 is 0. The Morgan fingerprint density at radius 3 is 2.82 bits per heavy atom. The second-order valence-electron chi connectivity index (χ2n) is 4.34. The van der Waals surface area contributed by atoms with Crippen molar-refractivity contribution in [3.05, 3.63) is 29.3 Å². The van der Waals surface area contributed by atoms with Crippen molar-refractivity contribution in [1.29, 1.82) is 0 Å². The summed E-state index contributed by atoms with van der Waals surface area (Å²) in [6, 6.07) is 7.63. The maximum Gasteiger partial charge on any atom is 0.307 e. The first-order chi connectivity index (χ1) is 8.16. The van der Waals surface area contributed by atoms with Crippen molar-refractivity contribution in [1.82, 2.24) is 0 Å². The summed E-state index contributed by atoms with van der Waals surface area (Å²) in [5.41, 5.74) is 0. The van der Waals surface area contributed by atoms with Crippen molar-refractivity contribution >= 4 is 29.3 Å². The number of benzene rings is 1. The molecule has 92 valence electrons. The number of rotatable bonds is 3. The summed E-state index contributed by atoms with van der Waals surface area (Å²) in [6.07, 6.45) is 3.94. The van der Waals surface area contributed by atoms with E-state index in [4.69, 9.17) is 11.6 Å². The summed E-state index contributed by atoms with van der Waals surface area (Å²) in [5.74, 6) is -0.878. The molecule has 1 aliphatic carbocycles. The first kappa shape index (κ1) is 12.8. The van der Waals surface area contributed by atoms with Crippen LogP contribution in [-0.4, -0.2) is 16.3 Å². The predicted molar refractivity (Wildman–Crippen MR) is 70.7 cm³/mol. The highest BCUT2D eigenvalue weighted by atomic mass is 35.5. The molecule has 0 bridgehead atoms. The van der Waals surface area contributed by atoms with Crippen molar-refractivity contribution in [2.24, 2.45) is 5.92 Å². The third kappa shape index (κ3) is 3.39. The lowest BCUT2D eigenvalue weighted by Gasteiger charge is -2.27. The largest absolute Gasteiger partial charge is 0.481 e. The zero-order valence-corrected chi connectivity index (χ0v) is 11.0. The van der Waals surface area contributed by atoms with E-state index in [1.165, 1.54) is 0 Å². The molecule has 0 aromatic heterocycles. The number of hydrogen-bond acceptors (Lipinski definition) is 2. The minimum atomic E-state index is -0.663. The van der Waals surface area contributed by atoms with E-state index in [-0.39, 0.29) is 11.2 Å². The van der Waals surface area contributed by atoms with Crippen molar-refractivity contribution in [2.75, 3.05) is 0 Å². The van der Waals surface area contributed by atoms with E-state index in [0.29, 0.717) is 5.02 Å². The van der Waals surface area contributed by atoms with Gasteiger partial charge in [-0.25, -0.2) is 0 Å². The van der Waals surface area contributed by atoms with Gasteiger partial charge in [-0.15, -0.1) is 11.8 Å².